The van der Waals surface area contributed by atoms with Crippen molar-refractivity contribution in [3.05, 3.63) is 23.9 Å². The Bertz CT molecular complexity index is 600. The zero-order valence-corrected chi connectivity index (χ0v) is 13.9. The summed E-state index contributed by atoms with van der Waals surface area (Å²) in [4.78, 5) is 29.6. The number of piperidine rings is 1. The summed E-state index contributed by atoms with van der Waals surface area (Å²) in [6.45, 7) is -0.172. The molecule has 1 aliphatic rings. The molecule has 0 spiro atoms. The normalized spacial score (nSPS) is 17.3. The van der Waals surface area contributed by atoms with Crippen LogP contribution in [0.5, 0.6) is 5.88 Å². The number of nitrogens with zero attached hydrogens (tertiary/aromatic N) is 2. The van der Waals surface area contributed by atoms with Gasteiger partial charge in [-0.1, -0.05) is 6.07 Å². The molecule has 2 amide bonds. The Morgan fingerprint density at radius 1 is 1.40 bits per heavy atom. The van der Waals surface area contributed by atoms with E-state index < -0.39 is 19.1 Å². The smallest absolute Gasteiger partial charge is 0.406 e. The van der Waals surface area contributed by atoms with E-state index in [-0.39, 0.29) is 30.1 Å². The number of alkyl halides is 2. The van der Waals surface area contributed by atoms with Crippen LogP contribution in [0.25, 0.3) is 0 Å². The third-order valence-electron chi connectivity index (χ3n) is 3.80. The molecular weight excluding hydrogens is 336 g/mol. The number of rotatable bonds is 6. The third kappa shape index (κ3) is 5.54. The molecule has 1 fully saturated rings. The van der Waals surface area contributed by atoms with E-state index >= 15 is 0 Å². The predicted molar refractivity (Wildman–Crippen MR) is 84.8 cm³/mol. The van der Waals surface area contributed by atoms with Crippen molar-refractivity contribution in [2.24, 2.45) is 0 Å². The number of carbonyl (C=O) groups is 2. The van der Waals surface area contributed by atoms with Crippen molar-refractivity contribution in [3.8, 4) is 5.88 Å². The highest BCUT2D eigenvalue weighted by molar-refractivity contribution is 5.92. The molecule has 2 rings (SSSR count). The first-order valence-electron chi connectivity index (χ1n) is 8.04. The lowest BCUT2D eigenvalue weighted by Crippen LogP contribution is -2.47. The monoisotopic (exact) mass is 357 g/mol. The second-order valence-electron chi connectivity index (χ2n) is 5.56. The van der Waals surface area contributed by atoms with Gasteiger partial charge in [0.05, 0.1) is 6.04 Å². The lowest BCUT2D eigenvalue weighted by molar-refractivity contribution is 0.0444. The second kappa shape index (κ2) is 9.14. The van der Waals surface area contributed by atoms with E-state index in [0.29, 0.717) is 13.0 Å². The lowest BCUT2D eigenvalue weighted by atomic mass is 10.0. The lowest BCUT2D eigenvalue weighted by Gasteiger charge is -2.35. The molecule has 0 radical (unpaired) electrons. The highest BCUT2D eigenvalue weighted by Crippen LogP contribution is 2.20. The minimum atomic E-state index is -2.62. The fourth-order valence-corrected chi connectivity index (χ4v) is 2.60. The second-order valence-corrected chi connectivity index (χ2v) is 5.56. The average molecular weight is 357 g/mol. The fourth-order valence-electron chi connectivity index (χ4n) is 2.60. The van der Waals surface area contributed by atoms with Gasteiger partial charge in [0.25, 0.3) is 12.3 Å². The van der Waals surface area contributed by atoms with E-state index in [4.69, 9.17) is 9.47 Å². The summed E-state index contributed by atoms with van der Waals surface area (Å²) in [5.41, 5.74) is 0.110. The van der Waals surface area contributed by atoms with Gasteiger partial charge >= 0.3 is 6.09 Å². The van der Waals surface area contributed by atoms with Gasteiger partial charge in [0, 0.05) is 19.7 Å². The van der Waals surface area contributed by atoms with Gasteiger partial charge in [-0.2, -0.15) is 0 Å². The van der Waals surface area contributed by atoms with Crippen molar-refractivity contribution < 1.29 is 27.8 Å². The summed E-state index contributed by atoms with van der Waals surface area (Å²) in [6, 6.07) is 4.21. The fraction of sp³-hybridized carbons (Fsp3) is 0.562. The first-order valence-corrected chi connectivity index (χ1v) is 8.04. The number of hydrogen-bond donors (Lipinski definition) is 1. The highest BCUT2D eigenvalue weighted by atomic mass is 19.3. The molecule has 138 valence electrons. The number of halogens is 2. The van der Waals surface area contributed by atoms with Crippen molar-refractivity contribution in [2.75, 3.05) is 26.8 Å². The standard InChI is InChI=1S/C16H21F2N3O4/c1-19-16(23)25-9-11-5-2-3-8-21(11)15(22)12-6-4-7-14(20-12)24-10-13(17)18/h4,6-7,11,13H,2-3,5,8-10H2,1H3,(H,19,23). The molecule has 1 unspecified atom stereocenters. The molecule has 0 bridgehead atoms. The Morgan fingerprint density at radius 3 is 2.92 bits per heavy atom. The number of ether oxygens (including phenoxy) is 2. The summed E-state index contributed by atoms with van der Waals surface area (Å²) in [7, 11) is 1.46. The predicted octanol–water partition coefficient (Wildman–Crippen LogP) is 2.08. The number of nitrogens with one attached hydrogen (secondary N) is 1. The molecule has 0 aromatic carbocycles. The number of carbonyl (C=O) groups excluding carboxylic acids is 2. The van der Waals surface area contributed by atoms with Crippen molar-refractivity contribution in [3.63, 3.8) is 0 Å². The Labute approximate surface area is 144 Å². The van der Waals surface area contributed by atoms with E-state index in [1.807, 2.05) is 0 Å². The summed E-state index contributed by atoms with van der Waals surface area (Å²) in [5, 5.41) is 2.36. The average Bonchev–Trinajstić information content (AvgIpc) is 2.64. The van der Waals surface area contributed by atoms with Gasteiger partial charge in [-0.05, 0) is 25.3 Å². The van der Waals surface area contributed by atoms with Crippen LogP contribution in [-0.4, -0.2) is 61.2 Å². The minimum Gasteiger partial charge on any atom is -0.472 e. The molecule has 7 nitrogen and oxygen atoms in total. The quantitative estimate of drug-likeness (QED) is 0.843. The molecule has 9 heteroatoms. The van der Waals surface area contributed by atoms with E-state index in [0.717, 1.165) is 12.8 Å². The van der Waals surface area contributed by atoms with E-state index in [1.165, 1.54) is 25.2 Å². The number of hydrogen-bond acceptors (Lipinski definition) is 5. The molecule has 1 aromatic rings. The number of likely N-dealkylation sites (tertiary alicyclic amines) is 1. The van der Waals surface area contributed by atoms with Crippen LogP contribution in [0, 0.1) is 0 Å². The van der Waals surface area contributed by atoms with Crippen LogP contribution in [-0.2, 0) is 4.74 Å². The maximum Gasteiger partial charge on any atom is 0.406 e. The van der Waals surface area contributed by atoms with Gasteiger partial charge < -0.3 is 19.7 Å². The SMILES string of the molecule is CNC(=O)OCC1CCCCN1C(=O)c1cccc(OCC(F)F)n1. The molecule has 0 aliphatic carbocycles. The number of alkyl carbamates (subject to hydrolysis) is 1. The molecule has 2 heterocycles. The van der Waals surface area contributed by atoms with E-state index in [2.05, 4.69) is 10.3 Å². The van der Waals surface area contributed by atoms with Crippen LogP contribution >= 0.6 is 0 Å². The molecule has 0 saturated carbocycles. The first kappa shape index (κ1) is 18.9. The molecule has 1 aromatic heterocycles. The van der Waals surface area contributed by atoms with Crippen molar-refractivity contribution >= 4 is 12.0 Å². The summed E-state index contributed by atoms with van der Waals surface area (Å²) in [5.74, 6) is -0.367. The largest absolute Gasteiger partial charge is 0.472 e. The Morgan fingerprint density at radius 2 is 2.20 bits per heavy atom. The van der Waals surface area contributed by atoms with Crippen LogP contribution in [0.15, 0.2) is 18.2 Å². The molecule has 1 N–H and O–H groups in total. The van der Waals surface area contributed by atoms with Gasteiger partial charge in [0.2, 0.25) is 5.88 Å². The van der Waals surface area contributed by atoms with Gasteiger partial charge in [-0.15, -0.1) is 0 Å². The summed E-state index contributed by atoms with van der Waals surface area (Å²) < 4.78 is 34.4. The Hall–Kier alpha value is -2.45. The number of aromatic nitrogens is 1. The van der Waals surface area contributed by atoms with Gasteiger partial charge in [0.15, 0.2) is 6.61 Å². The van der Waals surface area contributed by atoms with Crippen molar-refractivity contribution in [1.82, 2.24) is 15.2 Å². The number of amides is 2. The van der Waals surface area contributed by atoms with Crippen LogP contribution in [0.1, 0.15) is 29.8 Å². The molecule has 25 heavy (non-hydrogen) atoms. The third-order valence-corrected chi connectivity index (χ3v) is 3.80. The van der Waals surface area contributed by atoms with Crippen LogP contribution in [0.4, 0.5) is 13.6 Å². The summed E-state index contributed by atoms with van der Waals surface area (Å²) >= 11 is 0. The molecule has 1 saturated heterocycles. The van der Waals surface area contributed by atoms with Crippen molar-refractivity contribution in [1.29, 1.82) is 0 Å². The molecule has 1 atom stereocenters. The summed E-state index contributed by atoms with van der Waals surface area (Å²) in [6.07, 6.45) is -0.696. The number of pyridine rings is 1. The van der Waals surface area contributed by atoms with Gasteiger partial charge in [-0.25, -0.2) is 18.6 Å². The molecule has 1 aliphatic heterocycles. The Balaban J connectivity index is 2.05. The van der Waals surface area contributed by atoms with Gasteiger partial charge in [0.1, 0.15) is 12.3 Å². The van der Waals surface area contributed by atoms with Crippen LogP contribution in [0.3, 0.4) is 0 Å². The van der Waals surface area contributed by atoms with E-state index in [9.17, 15) is 18.4 Å². The Kier molecular flexibility index (Phi) is 6.91. The molecular formula is C16H21F2N3O4. The topological polar surface area (TPSA) is 80.8 Å². The maximum atomic E-state index is 12.7. The highest BCUT2D eigenvalue weighted by Gasteiger charge is 2.29. The van der Waals surface area contributed by atoms with Crippen LogP contribution < -0.4 is 10.1 Å². The van der Waals surface area contributed by atoms with Crippen molar-refractivity contribution in [2.45, 2.75) is 31.7 Å². The minimum absolute atomic E-state index is 0.0266. The zero-order valence-electron chi connectivity index (χ0n) is 13.9. The van der Waals surface area contributed by atoms with Crippen LogP contribution in [0.2, 0.25) is 0 Å². The maximum absolute atomic E-state index is 12.7. The van der Waals surface area contributed by atoms with Gasteiger partial charge in [-0.3, -0.25) is 4.79 Å². The van der Waals surface area contributed by atoms with E-state index in [1.54, 1.807) is 4.90 Å². The zero-order chi connectivity index (χ0) is 18.2. The first-order chi connectivity index (χ1) is 12.0.